The number of carbonyl (C=O) groups is 1. The lowest BCUT2D eigenvalue weighted by Gasteiger charge is -2.11. The van der Waals surface area contributed by atoms with Crippen molar-refractivity contribution in [2.45, 2.75) is 13.5 Å². The maximum Gasteiger partial charge on any atom is 0.302 e. The summed E-state index contributed by atoms with van der Waals surface area (Å²) < 4.78 is 13.2. The van der Waals surface area contributed by atoms with E-state index in [0.717, 1.165) is 27.6 Å². The van der Waals surface area contributed by atoms with E-state index >= 15 is 0 Å². The van der Waals surface area contributed by atoms with Crippen molar-refractivity contribution in [3.63, 3.8) is 0 Å². The molecule has 0 radical (unpaired) electrons. The molecule has 7 nitrogen and oxygen atoms in total. The van der Waals surface area contributed by atoms with Crippen LogP contribution in [0.2, 0.25) is 0 Å². The standard InChI is InChI=1S/C29H25N3O4/c1-20-13-15-22(16-14-20)36-19-27(33)30-31-28-24-10-4-5-11-25(24)32(29(28)34)17-18-35-26-12-6-8-21-7-2-3-9-23(21)26/h2-16,34H,17-19H2,1H3. The van der Waals surface area contributed by atoms with Gasteiger partial charge in [0, 0.05) is 10.8 Å². The van der Waals surface area contributed by atoms with Crippen LogP contribution in [0.5, 0.6) is 17.4 Å². The lowest BCUT2D eigenvalue weighted by molar-refractivity contribution is -0.120. The number of hydrogen-bond donors (Lipinski definition) is 1. The molecular weight excluding hydrogens is 454 g/mol. The first-order valence-electron chi connectivity index (χ1n) is 11.6. The molecule has 36 heavy (non-hydrogen) atoms. The molecule has 1 heterocycles. The van der Waals surface area contributed by atoms with Crippen LogP contribution in [0.1, 0.15) is 5.56 Å². The third kappa shape index (κ3) is 4.90. The summed E-state index contributed by atoms with van der Waals surface area (Å²) in [4.78, 5) is 12.3. The lowest BCUT2D eigenvalue weighted by atomic mass is 10.1. The average molecular weight is 480 g/mol. The maximum absolute atomic E-state index is 12.3. The number of ether oxygens (including phenoxy) is 2. The van der Waals surface area contributed by atoms with Gasteiger partial charge in [-0.25, -0.2) is 0 Å². The van der Waals surface area contributed by atoms with Crippen molar-refractivity contribution in [1.29, 1.82) is 0 Å². The third-order valence-corrected chi connectivity index (χ3v) is 5.88. The number of nitrogens with zero attached hydrogens (tertiary/aromatic N) is 3. The van der Waals surface area contributed by atoms with E-state index in [0.29, 0.717) is 24.3 Å². The molecule has 1 N–H and O–H groups in total. The number of aryl methyl sites for hydroxylation is 1. The monoisotopic (exact) mass is 479 g/mol. The number of aromatic nitrogens is 1. The highest BCUT2D eigenvalue weighted by Gasteiger charge is 2.17. The van der Waals surface area contributed by atoms with Gasteiger partial charge in [-0.15, -0.1) is 10.2 Å². The predicted octanol–water partition coefficient (Wildman–Crippen LogP) is 6.58. The summed E-state index contributed by atoms with van der Waals surface area (Å²) in [6.07, 6.45) is 0. The molecule has 5 aromatic rings. The molecule has 0 unspecified atom stereocenters. The number of azo groups is 1. The van der Waals surface area contributed by atoms with Gasteiger partial charge in [-0.2, -0.15) is 0 Å². The molecule has 0 aliphatic carbocycles. The van der Waals surface area contributed by atoms with E-state index in [1.54, 1.807) is 16.7 Å². The predicted molar refractivity (Wildman–Crippen MR) is 139 cm³/mol. The summed E-state index contributed by atoms with van der Waals surface area (Å²) >= 11 is 0. The number of carbonyl (C=O) groups excluding carboxylic acids is 1. The van der Waals surface area contributed by atoms with Crippen LogP contribution >= 0.6 is 0 Å². The second kappa shape index (κ2) is 10.3. The molecule has 0 aliphatic heterocycles. The number of rotatable bonds is 8. The molecule has 180 valence electrons. The van der Waals surface area contributed by atoms with Crippen LogP contribution in [0.15, 0.2) is 101 Å². The van der Waals surface area contributed by atoms with Crippen molar-refractivity contribution in [3.05, 3.63) is 96.6 Å². The fourth-order valence-electron chi connectivity index (χ4n) is 4.08. The van der Waals surface area contributed by atoms with E-state index in [1.807, 2.05) is 85.8 Å². The molecule has 1 amide bonds. The van der Waals surface area contributed by atoms with Gasteiger partial charge in [0.2, 0.25) is 5.88 Å². The Morgan fingerprint density at radius 2 is 1.58 bits per heavy atom. The Morgan fingerprint density at radius 1 is 0.861 bits per heavy atom. The summed E-state index contributed by atoms with van der Waals surface area (Å²) in [5.41, 5.74) is 2.11. The van der Waals surface area contributed by atoms with E-state index in [-0.39, 0.29) is 18.2 Å². The van der Waals surface area contributed by atoms with Crippen LogP contribution in [0.4, 0.5) is 5.69 Å². The molecular formula is C29H25N3O4. The molecule has 0 saturated heterocycles. The minimum Gasteiger partial charge on any atom is -0.493 e. The van der Waals surface area contributed by atoms with Gasteiger partial charge in [0.15, 0.2) is 12.3 Å². The van der Waals surface area contributed by atoms with Gasteiger partial charge >= 0.3 is 5.91 Å². The highest BCUT2D eigenvalue weighted by Crippen LogP contribution is 2.38. The minimum atomic E-state index is -0.550. The number of aromatic hydroxyl groups is 1. The first-order valence-corrected chi connectivity index (χ1v) is 11.6. The van der Waals surface area contributed by atoms with Crippen LogP contribution in [-0.4, -0.2) is 28.8 Å². The second-order valence-corrected chi connectivity index (χ2v) is 8.36. The maximum atomic E-state index is 12.3. The van der Waals surface area contributed by atoms with Gasteiger partial charge in [0.25, 0.3) is 0 Å². The van der Waals surface area contributed by atoms with Crippen LogP contribution in [0.25, 0.3) is 21.7 Å². The first-order chi connectivity index (χ1) is 17.6. The number of benzene rings is 4. The number of para-hydroxylation sites is 1. The molecule has 5 rings (SSSR count). The summed E-state index contributed by atoms with van der Waals surface area (Å²) in [6, 6.07) is 28.8. The summed E-state index contributed by atoms with van der Waals surface area (Å²) in [5.74, 6) is 0.734. The van der Waals surface area contributed by atoms with Crippen LogP contribution in [0, 0.1) is 6.92 Å². The zero-order valence-corrected chi connectivity index (χ0v) is 19.8. The highest BCUT2D eigenvalue weighted by molar-refractivity contribution is 5.95. The van der Waals surface area contributed by atoms with E-state index in [9.17, 15) is 9.90 Å². The van der Waals surface area contributed by atoms with Crippen LogP contribution < -0.4 is 9.47 Å². The fourth-order valence-corrected chi connectivity index (χ4v) is 4.08. The van der Waals surface area contributed by atoms with Crippen molar-refractivity contribution in [2.75, 3.05) is 13.2 Å². The van der Waals surface area contributed by atoms with E-state index in [1.165, 1.54) is 0 Å². The number of fused-ring (bicyclic) bond motifs is 2. The van der Waals surface area contributed by atoms with E-state index in [2.05, 4.69) is 10.2 Å². The van der Waals surface area contributed by atoms with Crippen molar-refractivity contribution in [2.24, 2.45) is 10.2 Å². The van der Waals surface area contributed by atoms with E-state index in [4.69, 9.17) is 9.47 Å². The van der Waals surface area contributed by atoms with Gasteiger partial charge in [-0.3, -0.25) is 4.79 Å². The normalized spacial score (nSPS) is 11.4. The zero-order chi connectivity index (χ0) is 24.9. The molecule has 0 spiro atoms. The largest absolute Gasteiger partial charge is 0.493 e. The SMILES string of the molecule is Cc1ccc(OCC(=O)N=Nc2c(O)n(CCOc3cccc4ccccc34)c3ccccc23)cc1. The van der Waals surface area contributed by atoms with Crippen molar-refractivity contribution >= 4 is 33.3 Å². The average Bonchev–Trinajstić information content (AvgIpc) is 3.17. The molecule has 7 heteroatoms. The Labute approximate surface area is 208 Å². The minimum absolute atomic E-state index is 0.0753. The van der Waals surface area contributed by atoms with Gasteiger partial charge in [-0.05, 0) is 36.6 Å². The second-order valence-electron chi connectivity index (χ2n) is 8.36. The Morgan fingerprint density at radius 3 is 2.42 bits per heavy atom. The molecule has 0 atom stereocenters. The highest BCUT2D eigenvalue weighted by atomic mass is 16.5. The van der Waals surface area contributed by atoms with Gasteiger partial charge in [0.1, 0.15) is 18.1 Å². The fraction of sp³-hybridized carbons (Fsp3) is 0.138. The Balaban J connectivity index is 1.30. The zero-order valence-electron chi connectivity index (χ0n) is 19.8. The van der Waals surface area contributed by atoms with E-state index < -0.39 is 5.91 Å². The number of amides is 1. The van der Waals surface area contributed by atoms with Crippen molar-refractivity contribution in [3.8, 4) is 17.4 Å². The Bertz CT molecular complexity index is 1550. The van der Waals surface area contributed by atoms with Crippen LogP contribution in [0.3, 0.4) is 0 Å². The molecule has 0 saturated carbocycles. The quantitative estimate of drug-likeness (QED) is 0.255. The van der Waals surface area contributed by atoms with Gasteiger partial charge in [-0.1, -0.05) is 72.3 Å². The molecule has 0 fully saturated rings. The topological polar surface area (TPSA) is 85.4 Å². The molecule has 0 aliphatic rings. The third-order valence-electron chi connectivity index (χ3n) is 5.88. The van der Waals surface area contributed by atoms with Crippen LogP contribution in [-0.2, 0) is 11.3 Å². The van der Waals surface area contributed by atoms with Gasteiger partial charge < -0.3 is 19.1 Å². The lowest BCUT2D eigenvalue weighted by Crippen LogP contribution is -2.08. The van der Waals surface area contributed by atoms with Crippen molar-refractivity contribution < 1.29 is 19.4 Å². The first kappa shape index (κ1) is 23.1. The van der Waals surface area contributed by atoms with Gasteiger partial charge in [0.05, 0.1) is 12.1 Å². The summed E-state index contributed by atoms with van der Waals surface area (Å²) in [5, 5.41) is 21.6. The molecule has 1 aromatic heterocycles. The molecule has 4 aromatic carbocycles. The summed E-state index contributed by atoms with van der Waals surface area (Å²) in [7, 11) is 0. The number of hydrogen-bond acceptors (Lipinski definition) is 5. The Hall–Kier alpha value is -4.65. The Kier molecular flexibility index (Phi) is 6.62. The summed E-state index contributed by atoms with van der Waals surface area (Å²) in [6.45, 7) is 2.45. The van der Waals surface area contributed by atoms with Crippen molar-refractivity contribution in [1.82, 2.24) is 4.57 Å². The smallest absolute Gasteiger partial charge is 0.302 e. The molecule has 0 bridgehead atoms.